The summed E-state index contributed by atoms with van der Waals surface area (Å²) >= 11 is 0. The van der Waals surface area contributed by atoms with E-state index >= 15 is 0 Å². The Bertz CT molecular complexity index is 541. The van der Waals surface area contributed by atoms with Crippen molar-refractivity contribution in [3.63, 3.8) is 0 Å². The van der Waals surface area contributed by atoms with E-state index < -0.39 is 0 Å². The predicted octanol–water partition coefficient (Wildman–Crippen LogP) is 0.258. The summed E-state index contributed by atoms with van der Waals surface area (Å²) < 4.78 is 0. The van der Waals surface area contributed by atoms with Crippen LogP contribution in [0.5, 0.6) is 0 Å². The van der Waals surface area contributed by atoms with E-state index in [9.17, 15) is 0 Å². The molecule has 0 bridgehead atoms. The molecule has 0 N–H and O–H groups in total. The van der Waals surface area contributed by atoms with Gasteiger partial charge < -0.3 is 0 Å². The summed E-state index contributed by atoms with van der Waals surface area (Å²) in [4.78, 5) is 0. The Morgan fingerprint density at radius 2 is 2.14 bits per heavy atom. The maximum atomic E-state index is 4.23. The molecule has 2 aliphatic rings. The van der Waals surface area contributed by atoms with E-state index in [2.05, 4.69) is 15.3 Å². The Kier molecular flexibility index (Phi) is 1.47. The Balaban J connectivity index is 2.46. The fourth-order valence-corrected chi connectivity index (χ4v) is 1.60. The molecule has 14 heavy (non-hydrogen) atoms. The topological polar surface area (TPSA) is 40.3 Å². The van der Waals surface area contributed by atoms with Crippen LogP contribution in [0.3, 0.4) is 0 Å². The first-order valence-electron chi connectivity index (χ1n) is 4.44. The third kappa shape index (κ3) is 0.970. The monoisotopic (exact) mass is 184 g/mol. The minimum atomic E-state index is 0.522. The van der Waals surface area contributed by atoms with Gasteiger partial charge in [0, 0.05) is 11.4 Å². The lowest BCUT2D eigenvalue weighted by atomic mass is 10.2. The third-order valence-electron chi connectivity index (χ3n) is 2.27. The van der Waals surface area contributed by atoms with Gasteiger partial charge >= 0.3 is 0 Å². The molecule has 0 unspecified atom stereocenters. The second-order valence-electron chi connectivity index (χ2n) is 3.12. The molecule has 0 amide bonds. The van der Waals surface area contributed by atoms with Gasteiger partial charge in [-0.2, -0.15) is 10.2 Å². The van der Waals surface area contributed by atoms with Crippen molar-refractivity contribution < 1.29 is 0 Å². The quantitative estimate of drug-likeness (QED) is 0.570. The molecule has 0 atom stereocenters. The first kappa shape index (κ1) is 7.44. The van der Waals surface area contributed by atoms with Gasteiger partial charge in [-0.3, -0.25) is 0 Å². The largest absolute Gasteiger partial charge is 0.222 e. The molecular formula is C10H8N4. The zero-order valence-corrected chi connectivity index (χ0v) is 7.46. The zero-order valence-electron chi connectivity index (χ0n) is 7.46. The van der Waals surface area contributed by atoms with Crippen molar-refractivity contribution in [3.8, 4) is 0 Å². The summed E-state index contributed by atoms with van der Waals surface area (Å²) in [6.07, 6.45) is 3.76. The SMILES string of the molecule is C1=NN2CN=NC2=c2ccccc2=C1. The van der Waals surface area contributed by atoms with Gasteiger partial charge in [0.15, 0.2) is 12.5 Å². The first-order valence-corrected chi connectivity index (χ1v) is 4.44. The lowest BCUT2D eigenvalue weighted by Gasteiger charge is -2.06. The van der Waals surface area contributed by atoms with Gasteiger partial charge in [-0.1, -0.05) is 24.3 Å². The maximum absolute atomic E-state index is 4.23. The van der Waals surface area contributed by atoms with Crippen LogP contribution in [0.2, 0.25) is 0 Å². The van der Waals surface area contributed by atoms with Crippen molar-refractivity contribution in [2.75, 3.05) is 6.67 Å². The average Bonchev–Trinajstić information content (AvgIpc) is 2.61. The molecule has 1 aromatic carbocycles. The number of hydrogen-bond donors (Lipinski definition) is 0. The van der Waals surface area contributed by atoms with Gasteiger partial charge in [0.25, 0.3) is 0 Å². The molecule has 2 aliphatic heterocycles. The molecule has 0 fully saturated rings. The highest BCUT2D eigenvalue weighted by Gasteiger charge is 2.14. The van der Waals surface area contributed by atoms with Crippen LogP contribution in [0.15, 0.2) is 39.6 Å². The van der Waals surface area contributed by atoms with Crippen LogP contribution in [0, 0.1) is 0 Å². The van der Waals surface area contributed by atoms with Crippen LogP contribution in [0.25, 0.3) is 11.9 Å². The molecule has 0 saturated heterocycles. The average molecular weight is 184 g/mol. The van der Waals surface area contributed by atoms with E-state index in [0.29, 0.717) is 6.67 Å². The van der Waals surface area contributed by atoms with Crippen LogP contribution in [-0.2, 0) is 0 Å². The third-order valence-corrected chi connectivity index (χ3v) is 2.27. The van der Waals surface area contributed by atoms with E-state index in [1.807, 2.05) is 30.3 Å². The molecule has 68 valence electrons. The predicted molar refractivity (Wildman–Crippen MR) is 53.6 cm³/mol. The van der Waals surface area contributed by atoms with Crippen molar-refractivity contribution in [3.05, 3.63) is 34.7 Å². The summed E-state index contributed by atoms with van der Waals surface area (Å²) in [6.45, 7) is 0.522. The first-order chi connectivity index (χ1) is 6.95. The number of rotatable bonds is 0. The highest BCUT2D eigenvalue weighted by Crippen LogP contribution is 2.13. The second-order valence-corrected chi connectivity index (χ2v) is 3.12. The van der Waals surface area contributed by atoms with E-state index in [1.165, 1.54) is 0 Å². The van der Waals surface area contributed by atoms with E-state index in [1.54, 1.807) is 11.2 Å². The van der Waals surface area contributed by atoms with Crippen LogP contribution in [-0.4, -0.2) is 17.9 Å². The Labute approximate surface area is 80.6 Å². The number of nitrogens with zero attached hydrogens (tertiary/aromatic N) is 4. The van der Waals surface area contributed by atoms with Crippen LogP contribution >= 0.6 is 0 Å². The molecule has 0 saturated carbocycles. The smallest absolute Gasteiger partial charge is 0.180 e. The van der Waals surface area contributed by atoms with Crippen LogP contribution in [0.4, 0.5) is 0 Å². The van der Waals surface area contributed by atoms with Crippen LogP contribution < -0.4 is 10.4 Å². The fourth-order valence-electron chi connectivity index (χ4n) is 1.60. The van der Waals surface area contributed by atoms with E-state index in [-0.39, 0.29) is 0 Å². The molecule has 2 heterocycles. The standard InChI is InChI=1S/C10H8N4/c1-2-4-9-8(3-1)5-6-12-14-7-11-13-10(9)14/h1-6H,7H2. The number of azo groups is 1. The van der Waals surface area contributed by atoms with Gasteiger partial charge in [-0.15, -0.1) is 5.11 Å². The van der Waals surface area contributed by atoms with E-state index in [0.717, 1.165) is 16.3 Å². The summed E-state index contributed by atoms with van der Waals surface area (Å²) in [5.74, 6) is 0.839. The van der Waals surface area contributed by atoms with Crippen LogP contribution in [0.1, 0.15) is 0 Å². The number of benzene rings is 1. The van der Waals surface area contributed by atoms with Crippen molar-refractivity contribution in [1.82, 2.24) is 5.01 Å². The Morgan fingerprint density at radius 3 is 3.14 bits per heavy atom. The summed E-state index contributed by atoms with van der Waals surface area (Å²) in [5, 5.41) is 16.3. The van der Waals surface area contributed by atoms with Crippen molar-refractivity contribution in [2.45, 2.75) is 0 Å². The highest BCUT2D eigenvalue weighted by atomic mass is 15.6. The molecule has 0 spiro atoms. The fraction of sp³-hybridized carbons (Fsp3) is 0.100. The van der Waals surface area contributed by atoms with Crippen molar-refractivity contribution in [2.24, 2.45) is 15.3 Å². The molecule has 0 aliphatic carbocycles. The minimum absolute atomic E-state index is 0.522. The maximum Gasteiger partial charge on any atom is 0.180 e. The normalized spacial score (nSPS) is 17.4. The van der Waals surface area contributed by atoms with Crippen molar-refractivity contribution in [1.29, 1.82) is 0 Å². The molecule has 1 aromatic rings. The summed E-state index contributed by atoms with van der Waals surface area (Å²) in [7, 11) is 0. The van der Waals surface area contributed by atoms with Gasteiger partial charge in [0.2, 0.25) is 0 Å². The summed E-state index contributed by atoms with van der Waals surface area (Å²) in [6, 6.07) is 8.08. The summed E-state index contributed by atoms with van der Waals surface area (Å²) in [5.41, 5.74) is 0. The number of hydrogen-bond acceptors (Lipinski definition) is 4. The van der Waals surface area contributed by atoms with Gasteiger partial charge in [0.1, 0.15) is 0 Å². The Morgan fingerprint density at radius 1 is 1.21 bits per heavy atom. The van der Waals surface area contributed by atoms with Gasteiger partial charge in [-0.25, -0.2) is 5.01 Å². The second kappa shape index (κ2) is 2.77. The number of hydrazone groups is 1. The molecule has 3 rings (SSSR count). The van der Waals surface area contributed by atoms with Gasteiger partial charge in [-0.05, 0) is 11.3 Å². The lowest BCUT2D eigenvalue weighted by Crippen LogP contribution is -2.28. The lowest BCUT2D eigenvalue weighted by molar-refractivity contribution is 0.460. The molecule has 0 aromatic heterocycles. The highest BCUT2D eigenvalue weighted by molar-refractivity contribution is 5.91. The molecular weight excluding hydrogens is 176 g/mol. The number of fused-ring (bicyclic) bond motifs is 2. The minimum Gasteiger partial charge on any atom is -0.222 e. The molecule has 4 nitrogen and oxygen atoms in total. The van der Waals surface area contributed by atoms with Crippen molar-refractivity contribution >= 4 is 18.1 Å². The Hall–Kier alpha value is -1.97. The van der Waals surface area contributed by atoms with Gasteiger partial charge in [0.05, 0.1) is 0 Å². The molecule has 0 radical (unpaired) electrons. The zero-order chi connectivity index (χ0) is 9.38. The molecule has 4 heteroatoms. The van der Waals surface area contributed by atoms with E-state index in [4.69, 9.17) is 0 Å².